The molecule has 3 atom stereocenters. The summed E-state index contributed by atoms with van der Waals surface area (Å²) < 4.78 is 23.3. The summed E-state index contributed by atoms with van der Waals surface area (Å²) in [7, 11) is 1.54. The molecule has 0 saturated carbocycles. The van der Waals surface area contributed by atoms with Gasteiger partial charge in [-0.15, -0.1) is 0 Å². The minimum Gasteiger partial charge on any atom is -0.387 e. The van der Waals surface area contributed by atoms with Crippen LogP contribution in [-0.4, -0.2) is 73.4 Å². The molecule has 0 saturated heterocycles. The van der Waals surface area contributed by atoms with E-state index in [0.717, 1.165) is 57.8 Å². The lowest BCUT2D eigenvalue weighted by molar-refractivity contribution is -0.870. The van der Waals surface area contributed by atoms with Crippen molar-refractivity contribution in [1.82, 2.24) is 5.32 Å². The number of quaternary nitrogens is 1. The maximum absolute atomic E-state index is 12.7. The van der Waals surface area contributed by atoms with Gasteiger partial charge in [-0.1, -0.05) is 102 Å². The van der Waals surface area contributed by atoms with Gasteiger partial charge in [-0.25, -0.2) is 4.57 Å². The monoisotopic (exact) mass is 629 g/mol. The fourth-order valence-corrected chi connectivity index (χ4v) is 5.00. The van der Waals surface area contributed by atoms with Crippen LogP contribution in [0.25, 0.3) is 0 Å². The van der Waals surface area contributed by atoms with E-state index in [0.29, 0.717) is 17.4 Å². The van der Waals surface area contributed by atoms with Gasteiger partial charge in [0.05, 0.1) is 39.9 Å². The normalized spacial score (nSPS) is 15.4. The van der Waals surface area contributed by atoms with Crippen molar-refractivity contribution in [1.29, 1.82) is 0 Å². The molecule has 9 heteroatoms. The second-order valence-electron chi connectivity index (χ2n) is 12.5. The smallest absolute Gasteiger partial charge is 0.387 e. The number of allylic oxidation sites excluding steroid dienone is 5. The number of nitrogens with zero attached hydrogens (tertiary/aromatic N) is 1. The Morgan fingerprint density at radius 2 is 1.30 bits per heavy atom. The van der Waals surface area contributed by atoms with Gasteiger partial charge in [0.25, 0.3) is 0 Å². The van der Waals surface area contributed by atoms with Gasteiger partial charge in [-0.05, 0) is 51.4 Å². The fourth-order valence-electron chi connectivity index (χ4n) is 4.27. The van der Waals surface area contributed by atoms with E-state index < -0.39 is 20.0 Å². The minimum atomic E-state index is -4.33. The van der Waals surface area contributed by atoms with Crippen molar-refractivity contribution in [2.75, 3.05) is 40.9 Å². The zero-order valence-electron chi connectivity index (χ0n) is 28.2. The van der Waals surface area contributed by atoms with Crippen molar-refractivity contribution in [3.05, 3.63) is 36.5 Å². The first-order valence-electron chi connectivity index (χ1n) is 16.9. The van der Waals surface area contributed by atoms with Crippen LogP contribution in [0.15, 0.2) is 36.5 Å². The van der Waals surface area contributed by atoms with Crippen molar-refractivity contribution in [2.24, 2.45) is 0 Å². The topological polar surface area (TPSA) is 105 Å². The molecule has 0 heterocycles. The Balaban J connectivity index is 4.72. The predicted octanol–water partition coefficient (Wildman–Crippen LogP) is 8.01. The minimum absolute atomic E-state index is 0.0531. The van der Waals surface area contributed by atoms with Crippen LogP contribution in [0.3, 0.4) is 0 Å². The Morgan fingerprint density at radius 3 is 1.91 bits per heavy atom. The first-order valence-corrected chi connectivity index (χ1v) is 18.4. The van der Waals surface area contributed by atoms with Gasteiger partial charge in [0.15, 0.2) is 0 Å². The van der Waals surface area contributed by atoms with Gasteiger partial charge in [-0.2, -0.15) is 0 Å². The summed E-state index contributed by atoms with van der Waals surface area (Å²) in [6, 6.07) is -0.863. The Morgan fingerprint density at radius 1 is 0.767 bits per heavy atom. The average molecular weight is 630 g/mol. The lowest BCUT2D eigenvalue weighted by Crippen LogP contribution is -2.45. The number of phosphoric ester groups is 1. The molecule has 0 aromatic heterocycles. The molecule has 1 amide bonds. The van der Waals surface area contributed by atoms with Gasteiger partial charge in [-0.3, -0.25) is 13.8 Å². The number of hydrogen-bond donors (Lipinski definition) is 3. The van der Waals surface area contributed by atoms with Crippen molar-refractivity contribution in [3.8, 4) is 0 Å². The number of unbranched alkanes of at least 4 members (excludes halogenated alkanes) is 12. The highest BCUT2D eigenvalue weighted by molar-refractivity contribution is 7.47. The van der Waals surface area contributed by atoms with Crippen molar-refractivity contribution < 1.29 is 32.9 Å². The molecule has 0 aromatic rings. The van der Waals surface area contributed by atoms with Crippen molar-refractivity contribution in [3.63, 3.8) is 0 Å². The summed E-state index contributed by atoms with van der Waals surface area (Å²) in [4.78, 5) is 22.8. The van der Waals surface area contributed by atoms with E-state index in [1.807, 2.05) is 27.2 Å². The fraction of sp³-hybridized carbons (Fsp3) is 0.794. The molecule has 0 aromatic carbocycles. The van der Waals surface area contributed by atoms with Crippen LogP contribution in [0.4, 0.5) is 0 Å². The lowest BCUT2D eigenvalue weighted by Gasteiger charge is -2.25. The largest absolute Gasteiger partial charge is 0.472 e. The first kappa shape index (κ1) is 41.7. The molecule has 0 bridgehead atoms. The summed E-state index contributed by atoms with van der Waals surface area (Å²) in [5, 5.41) is 13.6. The Kier molecular flexibility index (Phi) is 26.3. The highest BCUT2D eigenvalue weighted by atomic mass is 31.2. The van der Waals surface area contributed by atoms with E-state index in [2.05, 4.69) is 43.5 Å². The van der Waals surface area contributed by atoms with Crippen LogP contribution in [0.5, 0.6) is 0 Å². The van der Waals surface area contributed by atoms with E-state index in [4.69, 9.17) is 9.05 Å². The van der Waals surface area contributed by atoms with Crippen LogP contribution in [0.2, 0.25) is 0 Å². The van der Waals surface area contributed by atoms with Crippen molar-refractivity contribution in [2.45, 2.75) is 135 Å². The highest BCUT2D eigenvalue weighted by Gasteiger charge is 2.27. The zero-order chi connectivity index (χ0) is 32.2. The number of likely N-dealkylation sites (N-methyl/N-ethyl adjacent to an activating group) is 1. The summed E-state index contributed by atoms with van der Waals surface area (Å²) in [5.74, 6) is -0.207. The van der Waals surface area contributed by atoms with Crippen molar-refractivity contribution >= 4 is 13.7 Å². The van der Waals surface area contributed by atoms with Gasteiger partial charge >= 0.3 is 7.82 Å². The third-order valence-electron chi connectivity index (χ3n) is 7.08. The summed E-state index contributed by atoms with van der Waals surface area (Å²) in [5.41, 5.74) is 0. The molecule has 252 valence electrons. The number of rotatable bonds is 29. The molecule has 0 spiro atoms. The number of aliphatic hydroxyl groups is 1. The Hall–Kier alpha value is -1.28. The summed E-state index contributed by atoms with van der Waals surface area (Å²) in [6.45, 7) is 4.67. The maximum atomic E-state index is 12.7. The first-order chi connectivity index (χ1) is 20.5. The quantitative estimate of drug-likeness (QED) is 0.0335. The standard InChI is InChI=1S/C34H65N2O6P/c1-6-8-10-12-14-16-18-19-21-23-25-27-33(37)32(31-42-43(39,40)41-30-29-36(3,4)5)35-34(38)28-26-24-22-20-17-15-13-11-9-7-2/h13,15,18-19,25,27,32-33,37H,6-12,14,16-17,20-24,26,28-31H2,1-5H3,(H-,35,38,39,40)/p+1/b15-13-,19-18+,27-25+. The molecule has 0 aliphatic rings. The Bertz CT molecular complexity index is 809. The highest BCUT2D eigenvalue weighted by Crippen LogP contribution is 2.43. The van der Waals surface area contributed by atoms with E-state index in [1.165, 1.54) is 44.9 Å². The molecule has 43 heavy (non-hydrogen) atoms. The number of carbonyl (C=O) groups is 1. The van der Waals surface area contributed by atoms with E-state index in [-0.39, 0.29) is 19.1 Å². The number of phosphoric acid groups is 1. The third kappa shape index (κ3) is 29.2. The summed E-state index contributed by atoms with van der Waals surface area (Å²) >= 11 is 0. The zero-order valence-corrected chi connectivity index (χ0v) is 29.1. The molecular weight excluding hydrogens is 563 g/mol. The number of nitrogens with one attached hydrogen (secondary N) is 1. The van der Waals surface area contributed by atoms with Crippen LogP contribution < -0.4 is 5.32 Å². The van der Waals surface area contributed by atoms with E-state index in [9.17, 15) is 19.4 Å². The van der Waals surface area contributed by atoms with E-state index >= 15 is 0 Å². The number of hydrogen-bond acceptors (Lipinski definition) is 5. The maximum Gasteiger partial charge on any atom is 0.472 e. The van der Waals surface area contributed by atoms with Crippen LogP contribution in [0.1, 0.15) is 123 Å². The predicted molar refractivity (Wildman–Crippen MR) is 180 cm³/mol. The molecular formula is C34H66N2O6P+. The van der Waals surface area contributed by atoms with E-state index in [1.54, 1.807) is 6.08 Å². The number of carbonyl (C=O) groups excluding carboxylic acids is 1. The molecule has 0 fully saturated rings. The molecule has 3 unspecified atom stereocenters. The molecule has 8 nitrogen and oxygen atoms in total. The Labute approximate surface area is 264 Å². The second kappa shape index (κ2) is 27.1. The number of amides is 1. The average Bonchev–Trinajstić information content (AvgIpc) is 2.94. The van der Waals surface area contributed by atoms with Gasteiger partial charge in [0.2, 0.25) is 5.91 Å². The molecule has 3 N–H and O–H groups in total. The number of aliphatic hydroxyl groups excluding tert-OH is 1. The van der Waals surface area contributed by atoms with Crippen LogP contribution in [0, 0.1) is 0 Å². The second-order valence-corrected chi connectivity index (χ2v) is 14.0. The van der Waals surface area contributed by atoms with Crippen LogP contribution in [-0.2, 0) is 18.4 Å². The molecule has 0 aliphatic carbocycles. The molecule has 0 aliphatic heterocycles. The SMILES string of the molecule is CCCC/C=C\CCCCCCC(=O)NC(COP(=O)(O)OCC[N+](C)(C)C)C(O)/C=C/CC/C=C/CCCCCCC. The van der Waals surface area contributed by atoms with Gasteiger partial charge < -0.3 is 19.8 Å². The molecule has 0 rings (SSSR count). The summed E-state index contributed by atoms with van der Waals surface area (Å²) in [6.07, 6.45) is 29.3. The van der Waals surface area contributed by atoms with Gasteiger partial charge in [0.1, 0.15) is 13.2 Å². The van der Waals surface area contributed by atoms with Gasteiger partial charge in [0, 0.05) is 6.42 Å². The lowest BCUT2D eigenvalue weighted by atomic mass is 10.1. The molecule has 0 radical (unpaired) electrons. The third-order valence-corrected chi connectivity index (χ3v) is 8.07. The van der Waals surface area contributed by atoms with Crippen LogP contribution >= 0.6 is 7.82 Å².